The van der Waals surface area contributed by atoms with E-state index in [1.807, 2.05) is 0 Å². The van der Waals surface area contributed by atoms with Crippen LogP contribution in [0.3, 0.4) is 0 Å². The third-order valence-corrected chi connectivity index (χ3v) is 15.9. The maximum atomic E-state index is 13.0. The quantitative estimate of drug-likeness (QED) is 0.0261. The van der Waals surface area contributed by atoms with Crippen molar-refractivity contribution in [1.82, 2.24) is 0 Å². The van der Waals surface area contributed by atoms with Gasteiger partial charge in [-0.15, -0.1) is 0 Å². The second-order valence-electron chi connectivity index (χ2n) is 24.1. The number of hydrogen-bond acceptors (Lipinski definition) is 6. The van der Waals surface area contributed by atoms with Gasteiger partial charge in [0.25, 0.3) is 0 Å². The summed E-state index contributed by atoms with van der Waals surface area (Å²) in [5, 5.41) is 0. The van der Waals surface area contributed by atoms with Crippen LogP contribution < -0.4 is 0 Å². The van der Waals surface area contributed by atoms with Gasteiger partial charge in [0.05, 0.1) is 0 Å². The fourth-order valence-corrected chi connectivity index (χ4v) is 10.6. The summed E-state index contributed by atoms with van der Waals surface area (Å²) in [7, 11) is 0. The van der Waals surface area contributed by atoms with Crippen molar-refractivity contribution in [2.45, 2.75) is 380 Å². The lowest BCUT2D eigenvalue weighted by Gasteiger charge is -2.18. The first-order valence-corrected chi connectivity index (χ1v) is 35.9. The lowest BCUT2D eigenvalue weighted by molar-refractivity contribution is -0.167. The van der Waals surface area contributed by atoms with Crippen molar-refractivity contribution in [3.05, 3.63) is 72.9 Å². The van der Waals surface area contributed by atoms with E-state index in [0.29, 0.717) is 19.3 Å². The molecule has 0 aromatic rings. The first kappa shape index (κ1) is 78.8. The van der Waals surface area contributed by atoms with Crippen LogP contribution in [0.1, 0.15) is 374 Å². The first-order valence-electron chi connectivity index (χ1n) is 35.9. The zero-order valence-electron chi connectivity index (χ0n) is 54.8. The predicted molar refractivity (Wildman–Crippen MR) is 358 cm³/mol. The molecule has 0 spiro atoms. The third kappa shape index (κ3) is 67.6. The van der Waals surface area contributed by atoms with Gasteiger partial charge in [-0.1, -0.05) is 338 Å². The lowest BCUT2D eigenvalue weighted by atomic mass is 10.0. The van der Waals surface area contributed by atoms with Crippen molar-refractivity contribution in [3.63, 3.8) is 0 Å². The summed E-state index contributed by atoms with van der Waals surface area (Å²) in [6.45, 7) is 6.58. The molecule has 1 unspecified atom stereocenters. The van der Waals surface area contributed by atoms with Crippen LogP contribution in [0.2, 0.25) is 0 Å². The van der Waals surface area contributed by atoms with E-state index in [9.17, 15) is 14.4 Å². The molecule has 0 fully saturated rings. The molecule has 0 radical (unpaired) electrons. The monoisotopic (exact) mass is 1150 g/mol. The minimum absolute atomic E-state index is 0.0724. The second-order valence-corrected chi connectivity index (χ2v) is 24.1. The summed E-state index contributed by atoms with van der Waals surface area (Å²) >= 11 is 0. The summed E-state index contributed by atoms with van der Waals surface area (Å²) in [5.74, 6) is -0.852. The van der Waals surface area contributed by atoms with Crippen LogP contribution in [0, 0.1) is 0 Å². The highest BCUT2D eigenvalue weighted by molar-refractivity contribution is 5.71. The van der Waals surface area contributed by atoms with Gasteiger partial charge in [-0.3, -0.25) is 14.4 Å². The molecule has 6 heteroatoms. The van der Waals surface area contributed by atoms with E-state index in [0.717, 1.165) is 89.9 Å². The Morgan fingerprint density at radius 3 is 0.756 bits per heavy atom. The van der Waals surface area contributed by atoms with E-state index in [2.05, 4.69) is 93.7 Å². The zero-order valence-corrected chi connectivity index (χ0v) is 54.8. The molecule has 0 aromatic carbocycles. The van der Waals surface area contributed by atoms with Crippen molar-refractivity contribution in [3.8, 4) is 0 Å². The Morgan fingerprint density at radius 2 is 0.476 bits per heavy atom. The highest BCUT2D eigenvalue weighted by atomic mass is 16.6. The lowest BCUT2D eigenvalue weighted by Crippen LogP contribution is -2.30. The van der Waals surface area contributed by atoms with Gasteiger partial charge in [0, 0.05) is 19.3 Å². The summed E-state index contributed by atoms with van der Waals surface area (Å²) in [4.78, 5) is 38.5. The standard InChI is InChI=1S/C76H136O6/c1-4-7-10-13-16-19-22-25-28-31-33-34-35-36-37-38-39-40-41-42-43-46-48-51-54-57-60-63-66-69-75(78)81-72-73(71-80-74(77)68-65-62-59-56-53-50-47-44-30-27-24-21-18-15-12-9-6-3)82-76(79)70-67-64-61-58-55-52-49-45-32-29-26-23-20-17-14-11-8-5-2/h7,10,16,19,25,27-28,30,33-34,36-37,73H,4-6,8-9,11-15,17-18,20-24,26,29,31-32,35,38-72H2,1-3H3/b10-7-,19-16-,28-25-,30-27-,34-33-,37-36-. The van der Waals surface area contributed by atoms with Crippen molar-refractivity contribution < 1.29 is 28.6 Å². The summed E-state index contributed by atoms with van der Waals surface area (Å²) in [6.07, 6.45) is 92.1. The molecule has 0 saturated heterocycles. The molecule has 0 amide bonds. The number of hydrogen-bond donors (Lipinski definition) is 0. The van der Waals surface area contributed by atoms with E-state index in [4.69, 9.17) is 14.2 Å². The van der Waals surface area contributed by atoms with E-state index in [-0.39, 0.29) is 31.1 Å². The SMILES string of the molecule is CC/C=C\C/C=C\C/C=C\C/C=C\C/C=C\CCCCCCCCCCCCCCCC(=O)OCC(COC(=O)CCCCCCCCC/C=C\CCCCCCCC)OC(=O)CCCCCCCCCCCCCCCCCCCC. The van der Waals surface area contributed by atoms with Gasteiger partial charge in [-0.25, -0.2) is 0 Å². The molecule has 1 atom stereocenters. The van der Waals surface area contributed by atoms with Crippen LogP contribution in [-0.2, 0) is 28.6 Å². The van der Waals surface area contributed by atoms with Crippen molar-refractivity contribution >= 4 is 17.9 Å². The average Bonchev–Trinajstić information content (AvgIpc) is 3.47. The average molecular weight is 1150 g/mol. The molecule has 0 aliphatic carbocycles. The van der Waals surface area contributed by atoms with E-state index < -0.39 is 6.10 Å². The number of carbonyl (C=O) groups is 3. The van der Waals surface area contributed by atoms with Crippen molar-refractivity contribution in [2.75, 3.05) is 13.2 Å². The number of unbranched alkanes of at least 4 members (excludes halogenated alkanes) is 43. The van der Waals surface area contributed by atoms with E-state index >= 15 is 0 Å². The molecule has 82 heavy (non-hydrogen) atoms. The fourth-order valence-electron chi connectivity index (χ4n) is 10.6. The van der Waals surface area contributed by atoms with Gasteiger partial charge in [-0.05, 0) is 89.9 Å². The second kappa shape index (κ2) is 70.3. The Hall–Kier alpha value is -3.15. The van der Waals surface area contributed by atoms with Crippen LogP contribution >= 0.6 is 0 Å². The number of carbonyl (C=O) groups excluding carboxylic acids is 3. The normalized spacial score (nSPS) is 12.5. The van der Waals surface area contributed by atoms with Gasteiger partial charge in [0.15, 0.2) is 6.10 Å². The van der Waals surface area contributed by atoms with E-state index in [1.165, 1.54) is 244 Å². The van der Waals surface area contributed by atoms with Crippen LogP contribution in [0.5, 0.6) is 0 Å². The van der Waals surface area contributed by atoms with Crippen LogP contribution in [0.4, 0.5) is 0 Å². The molecule has 6 nitrogen and oxygen atoms in total. The number of rotatable bonds is 66. The molecule has 0 heterocycles. The molecule has 0 saturated carbocycles. The maximum Gasteiger partial charge on any atom is 0.306 e. The molecular formula is C76H136O6. The minimum atomic E-state index is -0.776. The van der Waals surface area contributed by atoms with Gasteiger partial charge in [0.1, 0.15) is 13.2 Å². The zero-order chi connectivity index (χ0) is 59.2. The van der Waals surface area contributed by atoms with Gasteiger partial charge in [0.2, 0.25) is 0 Å². The highest BCUT2D eigenvalue weighted by Gasteiger charge is 2.19. The molecule has 0 aliphatic heterocycles. The number of esters is 3. The topological polar surface area (TPSA) is 78.9 Å². The smallest absolute Gasteiger partial charge is 0.306 e. The molecule has 0 aliphatic rings. The molecule has 0 N–H and O–H groups in total. The molecule has 0 rings (SSSR count). The predicted octanol–water partition coefficient (Wildman–Crippen LogP) is 24.8. The molecular weight excluding hydrogens is 1010 g/mol. The third-order valence-electron chi connectivity index (χ3n) is 15.9. The Balaban J connectivity index is 4.27. The Morgan fingerprint density at radius 1 is 0.256 bits per heavy atom. The van der Waals surface area contributed by atoms with Crippen LogP contribution in [0.15, 0.2) is 72.9 Å². The maximum absolute atomic E-state index is 13.0. The molecule has 0 aromatic heterocycles. The molecule has 476 valence electrons. The highest BCUT2D eigenvalue weighted by Crippen LogP contribution is 2.18. The van der Waals surface area contributed by atoms with Crippen molar-refractivity contribution in [1.29, 1.82) is 0 Å². The number of allylic oxidation sites excluding steroid dienone is 12. The van der Waals surface area contributed by atoms with Gasteiger partial charge >= 0.3 is 17.9 Å². The minimum Gasteiger partial charge on any atom is -0.462 e. The van der Waals surface area contributed by atoms with Crippen molar-refractivity contribution in [2.24, 2.45) is 0 Å². The Kier molecular flexibility index (Phi) is 67.6. The van der Waals surface area contributed by atoms with Gasteiger partial charge in [-0.2, -0.15) is 0 Å². The number of ether oxygens (including phenoxy) is 3. The molecule has 0 bridgehead atoms. The van der Waals surface area contributed by atoms with Gasteiger partial charge < -0.3 is 14.2 Å². The Labute approximate surface area is 510 Å². The van der Waals surface area contributed by atoms with E-state index in [1.54, 1.807) is 0 Å². The summed E-state index contributed by atoms with van der Waals surface area (Å²) < 4.78 is 17.0. The largest absolute Gasteiger partial charge is 0.462 e. The Bertz CT molecular complexity index is 1500. The summed E-state index contributed by atoms with van der Waals surface area (Å²) in [6, 6.07) is 0. The van der Waals surface area contributed by atoms with Crippen LogP contribution in [-0.4, -0.2) is 37.2 Å². The summed E-state index contributed by atoms with van der Waals surface area (Å²) in [5.41, 5.74) is 0. The van der Waals surface area contributed by atoms with Crippen LogP contribution in [0.25, 0.3) is 0 Å². The fraction of sp³-hybridized carbons (Fsp3) is 0.803. The first-order chi connectivity index (χ1) is 40.5.